The minimum atomic E-state index is -0.311. The third-order valence-corrected chi connectivity index (χ3v) is 4.09. The van der Waals surface area contributed by atoms with Crippen LogP contribution in [0.3, 0.4) is 0 Å². The van der Waals surface area contributed by atoms with Gasteiger partial charge >= 0.3 is 0 Å². The Morgan fingerprint density at radius 1 is 1.46 bits per heavy atom. The number of rotatable bonds is 4. The van der Waals surface area contributed by atoms with Crippen molar-refractivity contribution in [2.75, 3.05) is 26.9 Å². The zero-order valence-corrected chi connectivity index (χ0v) is 13.7. The van der Waals surface area contributed by atoms with E-state index in [9.17, 15) is 9.18 Å². The Morgan fingerprint density at radius 2 is 2.29 bits per heavy atom. The number of benzene rings is 1. The monoisotopic (exact) mass is 333 g/mol. The lowest BCUT2D eigenvalue weighted by atomic mass is 10.1. The maximum Gasteiger partial charge on any atom is 0.251 e. The first kappa shape index (κ1) is 16.6. The van der Waals surface area contributed by atoms with Gasteiger partial charge in [-0.3, -0.25) is 9.69 Å². The normalized spacial score (nSPS) is 18.5. The standard InChI is InChI=1S/C17H20FN3O3/c1-11-19-15(8-17(22)20-11)16-10-24-6-5-21(16)9-12-3-4-13(23-2)7-14(12)18/h3-4,7-8,16H,5-6,9-10H2,1-2H3,(H,19,20,22)/t16-/m0/s1. The molecule has 0 amide bonds. The van der Waals surface area contributed by atoms with Gasteiger partial charge in [-0.15, -0.1) is 0 Å². The molecular formula is C17H20FN3O3. The molecule has 2 heterocycles. The Labute approximate surface area is 139 Å². The van der Waals surface area contributed by atoms with Crippen molar-refractivity contribution in [3.05, 3.63) is 57.5 Å². The van der Waals surface area contributed by atoms with Crippen LogP contribution in [0.1, 0.15) is 23.1 Å². The Bertz CT molecular complexity index is 778. The van der Waals surface area contributed by atoms with Gasteiger partial charge < -0.3 is 14.5 Å². The molecule has 2 aromatic rings. The fourth-order valence-corrected chi connectivity index (χ4v) is 2.88. The van der Waals surface area contributed by atoms with Gasteiger partial charge in [0.2, 0.25) is 0 Å². The molecule has 1 fully saturated rings. The van der Waals surface area contributed by atoms with Crippen LogP contribution in [0.4, 0.5) is 4.39 Å². The molecule has 1 aliphatic heterocycles. The van der Waals surface area contributed by atoms with E-state index in [2.05, 4.69) is 14.9 Å². The van der Waals surface area contributed by atoms with Crippen molar-refractivity contribution in [3.8, 4) is 5.75 Å². The van der Waals surface area contributed by atoms with E-state index >= 15 is 0 Å². The van der Waals surface area contributed by atoms with Gasteiger partial charge in [-0.2, -0.15) is 0 Å². The predicted molar refractivity (Wildman–Crippen MR) is 86.5 cm³/mol. The summed E-state index contributed by atoms with van der Waals surface area (Å²) in [7, 11) is 1.51. The number of methoxy groups -OCH3 is 1. The molecule has 1 atom stereocenters. The number of hydrogen-bond donors (Lipinski definition) is 1. The summed E-state index contributed by atoms with van der Waals surface area (Å²) in [6.07, 6.45) is 0. The highest BCUT2D eigenvalue weighted by Crippen LogP contribution is 2.26. The molecule has 0 spiro atoms. The van der Waals surface area contributed by atoms with Crippen LogP contribution in [0, 0.1) is 12.7 Å². The van der Waals surface area contributed by atoms with E-state index in [4.69, 9.17) is 9.47 Å². The minimum absolute atomic E-state index is 0.179. The number of nitrogens with zero attached hydrogens (tertiary/aromatic N) is 2. The van der Waals surface area contributed by atoms with Gasteiger partial charge in [-0.1, -0.05) is 6.07 Å². The smallest absolute Gasteiger partial charge is 0.251 e. The molecule has 1 N–H and O–H groups in total. The van der Waals surface area contributed by atoms with Crippen LogP contribution < -0.4 is 10.3 Å². The topological polar surface area (TPSA) is 67.5 Å². The summed E-state index contributed by atoms with van der Waals surface area (Å²) in [5.41, 5.74) is 1.02. The van der Waals surface area contributed by atoms with Gasteiger partial charge in [0, 0.05) is 30.8 Å². The minimum Gasteiger partial charge on any atom is -0.497 e. The van der Waals surface area contributed by atoms with E-state index in [-0.39, 0.29) is 17.4 Å². The third-order valence-electron chi connectivity index (χ3n) is 4.09. The average molecular weight is 333 g/mol. The summed E-state index contributed by atoms with van der Waals surface area (Å²) in [6, 6.07) is 6.13. The van der Waals surface area contributed by atoms with Crippen LogP contribution in [0.5, 0.6) is 5.75 Å². The molecule has 6 nitrogen and oxygen atoms in total. The molecule has 0 radical (unpaired) electrons. The van der Waals surface area contributed by atoms with Crippen LogP contribution in [0.15, 0.2) is 29.1 Å². The lowest BCUT2D eigenvalue weighted by Gasteiger charge is -2.35. The van der Waals surface area contributed by atoms with E-state index in [1.54, 1.807) is 19.1 Å². The highest BCUT2D eigenvalue weighted by Gasteiger charge is 2.27. The van der Waals surface area contributed by atoms with Crippen LogP contribution in [0.2, 0.25) is 0 Å². The number of hydrogen-bond acceptors (Lipinski definition) is 5. The Morgan fingerprint density at radius 3 is 3.00 bits per heavy atom. The van der Waals surface area contributed by atoms with Crippen LogP contribution in [0.25, 0.3) is 0 Å². The molecular weight excluding hydrogens is 313 g/mol. The highest BCUT2D eigenvalue weighted by molar-refractivity contribution is 5.29. The highest BCUT2D eigenvalue weighted by atomic mass is 19.1. The van der Waals surface area contributed by atoms with Gasteiger partial charge in [-0.05, 0) is 13.0 Å². The largest absolute Gasteiger partial charge is 0.497 e. The van der Waals surface area contributed by atoms with Crippen LogP contribution >= 0.6 is 0 Å². The molecule has 1 aromatic carbocycles. The number of ether oxygens (including phenoxy) is 2. The molecule has 7 heteroatoms. The summed E-state index contributed by atoms with van der Waals surface area (Å²) in [4.78, 5) is 20.8. The summed E-state index contributed by atoms with van der Waals surface area (Å²) >= 11 is 0. The fourth-order valence-electron chi connectivity index (χ4n) is 2.88. The van der Waals surface area contributed by atoms with E-state index in [0.29, 0.717) is 49.1 Å². The Kier molecular flexibility index (Phi) is 4.92. The summed E-state index contributed by atoms with van der Waals surface area (Å²) < 4.78 is 24.8. The molecule has 128 valence electrons. The van der Waals surface area contributed by atoms with Crippen molar-refractivity contribution in [1.82, 2.24) is 14.9 Å². The zero-order valence-electron chi connectivity index (χ0n) is 13.7. The van der Waals surface area contributed by atoms with E-state index in [0.717, 1.165) is 0 Å². The SMILES string of the molecule is COc1ccc(CN2CCOC[C@H]2c2cc(=O)[nH]c(C)n2)c(F)c1. The number of nitrogens with one attached hydrogen (secondary N) is 1. The molecule has 24 heavy (non-hydrogen) atoms. The molecule has 0 bridgehead atoms. The third kappa shape index (κ3) is 3.63. The van der Waals surface area contributed by atoms with Crippen molar-refractivity contribution in [1.29, 1.82) is 0 Å². The first-order valence-electron chi connectivity index (χ1n) is 7.79. The second kappa shape index (κ2) is 7.11. The second-order valence-electron chi connectivity index (χ2n) is 5.77. The number of H-pyrrole nitrogens is 1. The lowest BCUT2D eigenvalue weighted by Crippen LogP contribution is -2.40. The van der Waals surface area contributed by atoms with E-state index in [1.165, 1.54) is 19.2 Å². The van der Waals surface area contributed by atoms with Gasteiger partial charge in [0.1, 0.15) is 17.4 Å². The molecule has 1 aromatic heterocycles. The molecule has 0 unspecified atom stereocenters. The van der Waals surface area contributed by atoms with Crippen molar-refractivity contribution < 1.29 is 13.9 Å². The number of aromatic amines is 1. The van der Waals surface area contributed by atoms with Gasteiger partial charge in [0.05, 0.1) is 32.1 Å². The summed E-state index contributed by atoms with van der Waals surface area (Å²) in [5.74, 6) is 0.731. The van der Waals surface area contributed by atoms with Crippen LogP contribution in [-0.2, 0) is 11.3 Å². The van der Waals surface area contributed by atoms with Crippen molar-refractivity contribution in [3.63, 3.8) is 0 Å². The first-order valence-corrected chi connectivity index (χ1v) is 7.79. The van der Waals surface area contributed by atoms with Crippen molar-refractivity contribution in [2.24, 2.45) is 0 Å². The molecule has 0 saturated carbocycles. The number of morpholine rings is 1. The zero-order chi connectivity index (χ0) is 17.1. The Hall–Kier alpha value is -2.25. The quantitative estimate of drug-likeness (QED) is 0.924. The Balaban J connectivity index is 1.86. The van der Waals surface area contributed by atoms with Crippen LogP contribution in [-0.4, -0.2) is 41.7 Å². The van der Waals surface area contributed by atoms with Crippen molar-refractivity contribution in [2.45, 2.75) is 19.5 Å². The number of aromatic nitrogens is 2. The second-order valence-corrected chi connectivity index (χ2v) is 5.77. The first-order chi connectivity index (χ1) is 11.6. The maximum atomic E-state index is 14.2. The molecule has 1 aliphatic rings. The van der Waals surface area contributed by atoms with Gasteiger partial charge in [0.15, 0.2) is 0 Å². The molecule has 0 aliphatic carbocycles. The fraction of sp³-hybridized carbons (Fsp3) is 0.412. The number of halogens is 1. The van der Waals surface area contributed by atoms with E-state index < -0.39 is 0 Å². The molecule has 3 rings (SSSR count). The van der Waals surface area contributed by atoms with Crippen molar-refractivity contribution >= 4 is 0 Å². The van der Waals surface area contributed by atoms with Gasteiger partial charge in [0.25, 0.3) is 5.56 Å². The number of aryl methyl sites for hydroxylation is 1. The predicted octanol–water partition coefficient (Wildman–Crippen LogP) is 1.80. The summed E-state index contributed by atoms with van der Waals surface area (Å²) in [5, 5.41) is 0. The lowest BCUT2D eigenvalue weighted by molar-refractivity contribution is -0.0148. The van der Waals surface area contributed by atoms with E-state index in [1.807, 2.05) is 0 Å². The van der Waals surface area contributed by atoms with Gasteiger partial charge in [-0.25, -0.2) is 9.37 Å². The molecule has 1 saturated heterocycles. The summed E-state index contributed by atoms with van der Waals surface area (Å²) in [6.45, 7) is 3.78. The average Bonchev–Trinajstić information content (AvgIpc) is 2.56. The maximum absolute atomic E-state index is 14.2.